The van der Waals surface area contributed by atoms with Crippen LogP contribution in [0.5, 0.6) is 0 Å². The number of amides is 1. The van der Waals surface area contributed by atoms with Gasteiger partial charge in [-0.2, -0.15) is 0 Å². The third kappa shape index (κ3) is 3.88. The van der Waals surface area contributed by atoms with Gasteiger partial charge in [-0.3, -0.25) is 14.9 Å². The van der Waals surface area contributed by atoms with Crippen molar-refractivity contribution in [3.8, 4) is 0 Å². The minimum absolute atomic E-state index is 0.119. The summed E-state index contributed by atoms with van der Waals surface area (Å²) in [5.41, 5.74) is 0.349. The van der Waals surface area contributed by atoms with Crippen molar-refractivity contribution in [2.45, 2.75) is 17.9 Å². The van der Waals surface area contributed by atoms with Crippen LogP contribution >= 0.6 is 11.8 Å². The fourth-order valence-electron chi connectivity index (χ4n) is 2.12. The van der Waals surface area contributed by atoms with E-state index >= 15 is 0 Å². The van der Waals surface area contributed by atoms with E-state index in [9.17, 15) is 23.7 Å². The molecule has 1 amide bonds. The maximum atomic E-state index is 13.3. The van der Waals surface area contributed by atoms with Gasteiger partial charge in [0.05, 0.1) is 15.9 Å². The van der Waals surface area contributed by atoms with Crippen LogP contribution in [0.2, 0.25) is 0 Å². The summed E-state index contributed by atoms with van der Waals surface area (Å²) in [5, 5.41) is 13.7. The topological polar surface area (TPSA) is 72.2 Å². The molecule has 0 aliphatic carbocycles. The second kappa shape index (κ2) is 7.39. The number of hydrogen-bond acceptors (Lipinski definition) is 4. The predicted octanol–water partition coefficient (Wildman–Crippen LogP) is 4.09. The van der Waals surface area contributed by atoms with Crippen molar-refractivity contribution in [3.63, 3.8) is 0 Å². The molecule has 8 heteroatoms. The molecule has 0 heterocycles. The number of nitrogens with one attached hydrogen (secondary N) is 1. The van der Waals surface area contributed by atoms with E-state index in [-0.39, 0.29) is 11.3 Å². The maximum Gasteiger partial charge on any atom is 0.283 e. The molecule has 0 bridgehead atoms. The molecule has 1 unspecified atom stereocenters. The molecule has 0 saturated heterocycles. The number of nitro benzene ring substituents is 1. The Hall–Kier alpha value is -2.48. The SMILES string of the molecule is CSc1ccc(C(=O)NC(C)c2ccc(F)c(F)c2)cc1[N+](=O)[O-]. The molecule has 0 aromatic heterocycles. The van der Waals surface area contributed by atoms with Gasteiger partial charge in [0.2, 0.25) is 0 Å². The van der Waals surface area contributed by atoms with E-state index in [0.717, 1.165) is 12.1 Å². The number of carbonyl (C=O) groups excluding carboxylic acids is 1. The first-order valence-electron chi connectivity index (χ1n) is 6.91. The van der Waals surface area contributed by atoms with E-state index in [0.29, 0.717) is 10.5 Å². The number of nitro groups is 1. The monoisotopic (exact) mass is 352 g/mol. The zero-order valence-corrected chi connectivity index (χ0v) is 13.7. The zero-order valence-electron chi connectivity index (χ0n) is 12.9. The molecule has 5 nitrogen and oxygen atoms in total. The van der Waals surface area contributed by atoms with E-state index in [2.05, 4.69) is 5.32 Å². The van der Waals surface area contributed by atoms with Crippen LogP contribution < -0.4 is 5.32 Å². The lowest BCUT2D eigenvalue weighted by Crippen LogP contribution is -2.26. The minimum Gasteiger partial charge on any atom is -0.346 e. The Bertz CT molecular complexity index is 799. The van der Waals surface area contributed by atoms with Gasteiger partial charge in [-0.15, -0.1) is 11.8 Å². The highest BCUT2D eigenvalue weighted by molar-refractivity contribution is 7.98. The Labute approximate surface area is 141 Å². The van der Waals surface area contributed by atoms with Crippen LogP contribution in [0.15, 0.2) is 41.3 Å². The summed E-state index contributed by atoms with van der Waals surface area (Å²) < 4.78 is 26.2. The summed E-state index contributed by atoms with van der Waals surface area (Å²) in [6, 6.07) is 6.92. The van der Waals surface area contributed by atoms with E-state index in [1.54, 1.807) is 13.2 Å². The number of benzene rings is 2. The van der Waals surface area contributed by atoms with Crippen molar-refractivity contribution in [2.75, 3.05) is 6.26 Å². The van der Waals surface area contributed by atoms with Gasteiger partial charge < -0.3 is 5.32 Å². The van der Waals surface area contributed by atoms with Crippen LogP contribution in [-0.4, -0.2) is 17.1 Å². The molecule has 0 radical (unpaired) electrons. The predicted molar refractivity (Wildman–Crippen MR) is 87.1 cm³/mol. The first kappa shape index (κ1) is 17.9. The molecule has 1 N–H and O–H groups in total. The second-order valence-corrected chi connectivity index (χ2v) is 5.86. The Morgan fingerprint density at radius 3 is 2.50 bits per heavy atom. The summed E-state index contributed by atoms with van der Waals surface area (Å²) in [7, 11) is 0. The van der Waals surface area contributed by atoms with Crippen LogP contribution in [0.3, 0.4) is 0 Å². The molecule has 0 spiro atoms. The van der Waals surface area contributed by atoms with Gasteiger partial charge in [0.25, 0.3) is 11.6 Å². The quantitative estimate of drug-likeness (QED) is 0.500. The Morgan fingerprint density at radius 2 is 1.92 bits per heavy atom. The number of thioether (sulfide) groups is 1. The summed E-state index contributed by atoms with van der Waals surface area (Å²) >= 11 is 1.21. The van der Waals surface area contributed by atoms with Gasteiger partial charge in [0.1, 0.15) is 0 Å². The van der Waals surface area contributed by atoms with Crippen LogP contribution in [0.4, 0.5) is 14.5 Å². The lowest BCUT2D eigenvalue weighted by Gasteiger charge is -2.15. The number of halogens is 2. The normalized spacial score (nSPS) is 11.8. The van der Waals surface area contributed by atoms with Crippen molar-refractivity contribution in [1.29, 1.82) is 0 Å². The highest BCUT2D eigenvalue weighted by Crippen LogP contribution is 2.28. The largest absolute Gasteiger partial charge is 0.346 e. The second-order valence-electron chi connectivity index (χ2n) is 5.01. The Morgan fingerprint density at radius 1 is 1.21 bits per heavy atom. The minimum atomic E-state index is -1.01. The highest BCUT2D eigenvalue weighted by Gasteiger charge is 2.19. The average Bonchev–Trinajstić information content (AvgIpc) is 2.56. The Balaban J connectivity index is 2.21. The van der Waals surface area contributed by atoms with Crippen molar-refractivity contribution < 1.29 is 18.5 Å². The van der Waals surface area contributed by atoms with Crippen molar-refractivity contribution in [2.24, 2.45) is 0 Å². The summed E-state index contributed by atoms with van der Waals surface area (Å²) in [4.78, 5) is 23.2. The van der Waals surface area contributed by atoms with Gasteiger partial charge in [-0.1, -0.05) is 6.07 Å². The van der Waals surface area contributed by atoms with Gasteiger partial charge in [0, 0.05) is 11.6 Å². The fraction of sp³-hybridized carbons (Fsp3) is 0.188. The first-order valence-corrected chi connectivity index (χ1v) is 8.14. The van der Waals surface area contributed by atoms with Gasteiger partial charge >= 0.3 is 0 Å². The number of hydrogen-bond donors (Lipinski definition) is 1. The molecule has 0 fully saturated rings. The molecule has 0 aliphatic rings. The third-order valence-electron chi connectivity index (χ3n) is 3.43. The number of nitrogens with zero attached hydrogens (tertiary/aromatic N) is 1. The molecular formula is C16H14F2N2O3S. The van der Waals surface area contributed by atoms with Crippen LogP contribution in [0.25, 0.3) is 0 Å². The van der Waals surface area contributed by atoms with Crippen LogP contribution in [-0.2, 0) is 0 Å². The van der Waals surface area contributed by atoms with Crippen molar-refractivity contribution >= 4 is 23.4 Å². The van der Waals surface area contributed by atoms with Gasteiger partial charge in [0.15, 0.2) is 11.6 Å². The van der Waals surface area contributed by atoms with Gasteiger partial charge in [-0.25, -0.2) is 8.78 Å². The molecule has 24 heavy (non-hydrogen) atoms. The molecule has 2 aromatic rings. The molecule has 2 rings (SSSR count). The first-order chi connectivity index (χ1) is 11.3. The Kier molecular flexibility index (Phi) is 5.50. The summed E-state index contributed by atoms with van der Waals surface area (Å²) in [6.07, 6.45) is 1.70. The fourth-order valence-corrected chi connectivity index (χ4v) is 2.67. The smallest absolute Gasteiger partial charge is 0.283 e. The molecule has 1 atom stereocenters. The van der Waals surface area contributed by atoms with Crippen molar-refractivity contribution in [1.82, 2.24) is 5.32 Å². The lowest BCUT2D eigenvalue weighted by molar-refractivity contribution is -0.387. The standard InChI is InChI=1S/C16H14F2N2O3S/c1-9(10-3-5-12(17)13(18)7-10)19-16(21)11-4-6-15(24-2)14(8-11)20(22)23/h3-9H,1-2H3,(H,19,21). The third-order valence-corrected chi connectivity index (χ3v) is 4.21. The maximum absolute atomic E-state index is 13.3. The lowest BCUT2D eigenvalue weighted by atomic mass is 10.1. The summed E-state index contributed by atoms with van der Waals surface area (Å²) in [5.74, 6) is -2.52. The van der Waals surface area contributed by atoms with E-state index in [1.165, 1.54) is 36.0 Å². The molecular weight excluding hydrogens is 338 g/mol. The molecule has 0 saturated carbocycles. The van der Waals surface area contributed by atoms with Gasteiger partial charge in [-0.05, 0) is 43.0 Å². The van der Waals surface area contributed by atoms with Crippen molar-refractivity contribution in [3.05, 3.63) is 69.3 Å². The van der Waals surface area contributed by atoms with Crippen LogP contribution in [0.1, 0.15) is 28.9 Å². The number of rotatable bonds is 5. The molecule has 2 aromatic carbocycles. The zero-order chi connectivity index (χ0) is 17.9. The molecule has 126 valence electrons. The molecule has 0 aliphatic heterocycles. The summed E-state index contributed by atoms with van der Waals surface area (Å²) in [6.45, 7) is 1.61. The van der Waals surface area contributed by atoms with Crippen LogP contribution in [0, 0.1) is 21.7 Å². The van der Waals surface area contributed by atoms with E-state index in [1.807, 2.05) is 0 Å². The van der Waals surface area contributed by atoms with E-state index < -0.39 is 28.5 Å². The van der Waals surface area contributed by atoms with E-state index in [4.69, 9.17) is 0 Å². The highest BCUT2D eigenvalue weighted by atomic mass is 32.2. The average molecular weight is 352 g/mol. The number of carbonyl (C=O) groups is 1.